The van der Waals surface area contributed by atoms with Crippen LogP contribution in [0.2, 0.25) is 5.02 Å². The lowest BCUT2D eigenvalue weighted by Crippen LogP contribution is -2.30. The smallest absolute Gasteiger partial charge is 0.339 e. The molecule has 5 aromatic rings. The molecule has 0 saturated heterocycles. The summed E-state index contributed by atoms with van der Waals surface area (Å²) < 4.78 is 21.3. The Bertz CT molecular complexity index is 1710. The van der Waals surface area contributed by atoms with E-state index in [-0.39, 0.29) is 5.57 Å². The normalized spacial score (nSPS) is 12.5. The highest BCUT2D eigenvalue weighted by molar-refractivity contribution is 6.30. The summed E-state index contributed by atoms with van der Waals surface area (Å²) in [6.45, 7) is 4.43. The highest BCUT2D eigenvalue weighted by Gasteiger charge is 2.22. The Kier molecular flexibility index (Phi) is 7.48. The molecule has 1 unspecified atom stereocenters. The molecular weight excluding hydrogens is 515 g/mol. The predicted molar refractivity (Wildman–Crippen MR) is 155 cm³/mol. The van der Waals surface area contributed by atoms with Gasteiger partial charge in [0.2, 0.25) is 0 Å². The van der Waals surface area contributed by atoms with E-state index in [1.165, 1.54) is 31.2 Å². The number of ether oxygens (including phenoxy) is 1. The summed E-state index contributed by atoms with van der Waals surface area (Å²) in [5.74, 6) is -1.60. The fourth-order valence-electron chi connectivity index (χ4n) is 4.61. The van der Waals surface area contributed by atoms with E-state index in [1.807, 2.05) is 30.3 Å². The molecule has 1 atom stereocenters. The number of para-hydroxylation sites is 1. The summed E-state index contributed by atoms with van der Waals surface area (Å²) >= 11 is 5.99. The molecule has 0 bridgehead atoms. The van der Waals surface area contributed by atoms with Crippen LogP contribution >= 0.6 is 11.6 Å². The van der Waals surface area contributed by atoms with Crippen LogP contribution in [-0.4, -0.2) is 22.5 Å². The number of carbonyl (C=O) groups excluding carboxylic acids is 2. The maximum Gasteiger partial charge on any atom is 0.339 e. The number of fused-ring (bicyclic) bond motifs is 3. The van der Waals surface area contributed by atoms with Crippen LogP contribution < -0.4 is 5.32 Å². The molecule has 0 saturated carbocycles. The van der Waals surface area contributed by atoms with Gasteiger partial charge in [-0.05, 0) is 79.6 Å². The second-order valence-corrected chi connectivity index (χ2v) is 9.58. The molecule has 0 spiro atoms. The summed E-state index contributed by atoms with van der Waals surface area (Å²) in [6, 6.07) is 26.3. The van der Waals surface area contributed by atoms with Crippen molar-refractivity contribution in [3.8, 4) is 0 Å². The molecule has 4 aromatic carbocycles. The number of nitrogens with zero attached hydrogens (tertiary/aromatic N) is 1. The standard InChI is InChI=1S/C32H26ClFN2O3/c1-3-36-29-7-5-4-6-26(29)28-19-25(16-17-30(28)36)35-31(37)20(2)39-32(38)27(22-10-14-24(34)15-11-22)18-21-8-12-23(33)13-9-21/h4-20H,3H2,1-2H3,(H,35,37). The van der Waals surface area contributed by atoms with Crippen molar-refractivity contribution < 1.29 is 18.7 Å². The third kappa shape index (κ3) is 5.56. The molecule has 196 valence electrons. The quantitative estimate of drug-likeness (QED) is 0.131. The van der Waals surface area contributed by atoms with Gasteiger partial charge >= 0.3 is 5.97 Å². The van der Waals surface area contributed by atoms with E-state index in [0.717, 1.165) is 28.4 Å². The van der Waals surface area contributed by atoms with Crippen molar-refractivity contribution in [2.75, 3.05) is 5.32 Å². The third-order valence-electron chi connectivity index (χ3n) is 6.57. The van der Waals surface area contributed by atoms with Crippen molar-refractivity contribution in [2.24, 2.45) is 0 Å². The van der Waals surface area contributed by atoms with Gasteiger partial charge in [0.05, 0.1) is 5.57 Å². The van der Waals surface area contributed by atoms with Gasteiger partial charge in [-0.25, -0.2) is 9.18 Å². The Morgan fingerprint density at radius 1 is 0.949 bits per heavy atom. The Morgan fingerprint density at radius 3 is 2.36 bits per heavy atom. The molecule has 0 aliphatic heterocycles. The van der Waals surface area contributed by atoms with Crippen molar-refractivity contribution >= 4 is 62.6 Å². The van der Waals surface area contributed by atoms with E-state index >= 15 is 0 Å². The highest BCUT2D eigenvalue weighted by Crippen LogP contribution is 2.31. The van der Waals surface area contributed by atoms with Gasteiger partial charge in [0, 0.05) is 39.1 Å². The SMILES string of the molecule is CCn1c2ccccc2c2cc(NC(=O)C(C)OC(=O)C(=Cc3ccc(Cl)cc3)c3ccc(F)cc3)ccc21. The fourth-order valence-corrected chi connectivity index (χ4v) is 4.73. The van der Waals surface area contributed by atoms with Crippen LogP contribution in [0.15, 0.2) is 91.0 Å². The fraction of sp³-hybridized carbons (Fsp3) is 0.125. The number of amides is 1. The number of hydrogen-bond acceptors (Lipinski definition) is 3. The highest BCUT2D eigenvalue weighted by atomic mass is 35.5. The van der Waals surface area contributed by atoms with Crippen LogP contribution in [0.1, 0.15) is 25.0 Å². The lowest BCUT2D eigenvalue weighted by molar-refractivity contribution is -0.147. The van der Waals surface area contributed by atoms with Gasteiger partial charge < -0.3 is 14.6 Å². The van der Waals surface area contributed by atoms with E-state index in [2.05, 4.69) is 28.9 Å². The van der Waals surface area contributed by atoms with Gasteiger partial charge in [-0.15, -0.1) is 0 Å². The monoisotopic (exact) mass is 540 g/mol. The minimum atomic E-state index is -1.08. The summed E-state index contributed by atoms with van der Waals surface area (Å²) in [4.78, 5) is 26.3. The first kappa shape index (κ1) is 26.2. The van der Waals surface area contributed by atoms with Crippen molar-refractivity contribution in [2.45, 2.75) is 26.5 Å². The number of aromatic nitrogens is 1. The van der Waals surface area contributed by atoms with Crippen LogP contribution in [-0.2, 0) is 20.9 Å². The van der Waals surface area contributed by atoms with Gasteiger partial charge in [0.1, 0.15) is 5.82 Å². The largest absolute Gasteiger partial charge is 0.449 e. The molecule has 1 heterocycles. The zero-order valence-corrected chi connectivity index (χ0v) is 22.2. The van der Waals surface area contributed by atoms with E-state index in [9.17, 15) is 14.0 Å². The second kappa shape index (κ2) is 11.1. The molecule has 5 rings (SSSR count). The summed E-state index contributed by atoms with van der Waals surface area (Å²) in [7, 11) is 0. The number of anilines is 1. The third-order valence-corrected chi connectivity index (χ3v) is 6.82. The number of carbonyl (C=O) groups is 2. The van der Waals surface area contributed by atoms with Crippen LogP contribution in [0.4, 0.5) is 10.1 Å². The van der Waals surface area contributed by atoms with E-state index in [0.29, 0.717) is 21.8 Å². The van der Waals surface area contributed by atoms with Crippen LogP contribution in [0.25, 0.3) is 33.5 Å². The molecule has 7 heteroatoms. The summed E-state index contributed by atoms with van der Waals surface area (Å²) in [5, 5.41) is 5.55. The Hall–Kier alpha value is -4.42. The van der Waals surface area contributed by atoms with Crippen molar-refractivity contribution in [1.29, 1.82) is 0 Å². The first-order valence-electron chi connectivity index (χ1n) is 12.6. The minimum Gasteiger partial charge on any atom is -0.449 e. The number of rotatable bonds is 7. The van der Waals surface area contributed by atoms with Crippen molar-refractivity contribution in [3.63, 3.8) is 0 Å². The van der Waals surface area contributed by atoms with E-state index < -0.39 is 23.8 Å². The number of benzene rings is 4. The van der Waals surface area contributed by atoms with Gasteiger partial charge in [-0.3, -0.25) is 4.79 Å². The van der Waals surface area contributed by atoms with Gasteiger partial charge in [-0.2, -0.15) is 0 Å². The molecule has 1 aromatic heterocycles. The summed E-state index contributed by atoms with van der Waals surface area (Å²) in [5.41, 5.74) is 4.15. The average Bonchev–Trinajstić information content (AvgIpc) is 3.26. The van der Waals surface area contributed by atoms with Gasteiger partial charge in [-0.1, -0.05) is 54.1 Å². The van der Waals surface area contributed by atoms with Crippen molar-refractivity contribution in [1.82, 2.24) is 4.57 Å². The minimum absolute atomic E-state index is 0.186. The van der Waals surface area contributed by atoms with Crippen LogP contribution in [0.3, 0.4) is 0 Å². The zero-order valence-electron chi connectivity index (χ0n) is 21.4. The molecule has 0 fully saturated rings. The van der Waals surface area contributed by atoms with Crippen LogP contribution in [0.5, 0.6) is 0 Å². The maximum atomic E-state index is 13.5. The number of esters is 1. The van der Waals surface area contributed by atoms with Crippen molar-refractivity contribution in [3.05, 3.63) is 113 Å². The molecule has 1 amide bonds. The average molecular weight is 541 g/mol. The number of nitrogens with one attached hydrogen (secondary N) is 1. The van der Waals surface area contributed by atoms with Crippen LogP contribution in [0, 0.1) is 5.82 Å². The lowest BCUT2D eigenvalue weighted by Gasteiger charge is -2.15. The Morgan fingerprint density at radius 2 is 1.64 bits per heavy atom. The Labute approximate surface area is 230 Å². The molecule has 0 aliphatic carbocycles. The topological polar surface area (TPSA) is 60.3 Å². The first-order chi connectivity index (χ1) is 18.8. The lowest BCUT2D eigenvalue weighted by atomic mass is 10.0. The maximum absolute atomic E-state index is 13.5. The van der Waals surface area contributed by atoms with Gasteiger partial charge in [0.25, 0.3) is 5.91 Å². The molecular formula is C32H26ClFN2O3. The zero-order chi connectivity index (χ0) is 27.5. The number of aryl methyl sites for hydroxylation is 1. The predicted octanol–water partition coefficient (Wildman–Crippen LogP) is 7.72. The summed E-state index contributed by atoms with van der Waals surface area (Å²) in [6.07, 6.45) is 0.535. The molecule has 0 radical (unpaired) electrons. The van der Waals surface area contributed by atoms with E-state index in [1.54, 1.807) is 30.3 Å². The second-order valence-electron chi connectivity index (χ2n) is 9.15. The molecule has 1 N–H and O–H groups in total. The molecule has 39 heavy (non-hydrogen) atoms. The molecule has 0 aliphatic rings. The number of hydrogen-bond donors (Lipinski definition) is 1. The van der Waals surface area contributed by atoms with E-state index in [4.69, 9.17) is 16.3 Å². The van der Waals surface area contributed by atoms with Gasteiger partial charge in [0.15, 0.2) is 6.10 Å². The Balaban J connectivity index is 1.37. The molecule has 5 nitrogen and oxygen atoms in total. The first-order valence-corrected chi connectivity index (χ1v) is 13.0. The number of halogens is 2.